The Morgan fingerprint density at radius 3 is 2.91 bits per heavy atom. The molecule has 1 saturated heterocycles. The number of amides is 2. The molecular weight excluding hydrogens is 314 g/mol. The van der Waals surface area contributed by atoms with Gasteiger partial charge in [0.05, 0.1) is 0 Å². The van der Waals surface area contributed by atoms with Crippen molar-refractivity contribution in [3.63, 3.8) is 0 Å². The number of carbonyl (C=O) groups is 2. The van der Waals surface area contributed by atoms with Crippen molar-refractivity contribution in [3.05, 3.63) is 41.7 Å². The number of carbonyl (C=O) groups excluding carboxylic acids is 2. The largest absolute Gasteiger partial charge is 0.309 e. The first-order chi connectivity index (χ1) is 11.0. The van der Waals surface area contributed by atoms with Crippen LogP contribution >= 0.6 is 11.8 Å². The molecule has 2 aliphatic rings. The number of thioether (sulfide) groups is 1. The normalized spacial score (nSPS) is 24.4. The molecule has 4 rings (SSSR count). The van der Waals surface area contributed by atoms with Gasteiger partial charge in [-0.3, -0.25) is 14.9 Å². The number of nitrogens with zero attached hydrogens (tertiary/aromatic N) is 3. The predicted molar refractivity (Wildman–Crippen MR) is 85.8 cm³/mol. The quantitative estimate of drug-likeness (QED) is 0.876. The number of rotatable bonds is 2. The van der Waals surface area contributed by atoms with Crippen molar-refractivity contribution in [1.82, 2.24) is 20.1 Å². The second-order valence-electron chi connectivity index (χ2n) is 6.10. The summed E-state index contributed by atoms with van der Waals surface area (Å²) >= 11 is 1.63. The molecule has 0 radical (unpaired) electrons. The van der Waals surface area contributed by atoms with Crippen molar-refractivity contribution in [2.45, 2.75) is 30.0 Å². The van der Waals surface area contributed by atoms with Crippen LogP contribution in [0.25, 0.3) is 0 Å². The summed E-state index contributed by atoms with van der Waals surface area (Å²) in [4.78, 5) is 31.1. The molecule has 0 unspecified atom stereocenters. The summed E-state index contributed by atoms with van der Waals surface area (Å²) < 4.78 is -0.405. The maximum atomic E-state index is 12.8. The van der Waals surface area contributed by atoms with Gasteiger partial charge in [-0.2, -0.15) is 10.1 Å². The lowest BCUT2D eigenvalue weighted by Crippen LogP contribution is -2.50. The fraction of sp³-hybridized carbons (Fsp3) is 0.333. The molecule has 1 aromatic heterocycles. The Bertz CT molecular complexity index is 789. The third-order valence-electron chi connectivity index (χ3n) is 4.20. The molecule has 0 spiro atoms. The standard InChI is InChI=1S/C15H15N5O2S/c1-15(2)10(11(21)18-14-16-7-17-19-14)20-12(22)8-5-3-4-6-9(8)13(20)23-15/h3-7,10,13H,1-2H3,(H2,16,17,18,19,21)/t10-,13+/m1/s1. The highest BCUT2D eigenvalue weighted by Gasteiger charge is 2.57. The molecule has 2 aliphatic heterocycles. The number of anilines is 1. The molecule has 3 heterocycles. The number of hydrogen-bond donors (Lipinski definition) is 2. The fourth-order valence-electron chi connectivity index (χ4n) is 3.26. The van der Waals surface area contributed by atoms with Gasteiger partial charge in [0.15, 0.2) is 0 Å². The highest BCUT2D eigenvalue weighted by Crippen LogP contribution is 2.56. The van der Waals surface area contributed by atoms with Crippen LogP contribution in [0.15, 0.2) is 30.6 Å². The van der Waals surface area contributed by atoms with Crippen LogP contribution in [0.4, 0.5) is 5.95 Å². The summed E-state index contributed by atoms with van der Waals surface area (Å²) in [5.41, 5.74) is 1.66. The van der Waals surface area contributed by atoms with E-state index in [-0.39, 0.29) is 23.1 Å². The van der Waals surface area contributed by atoms with Gasteiger partial charge in [0.25, 0.3) is 11.8 Å². The number of nitrogens with one attached hydrogen (secondary N) is 2. The maximum absolute atomic E-state index is 12.8. The minimum atomic E-state index is -0.581. The van der Waals surface area contributed by atoms with Gasteiger partial charge in [0.1, 0.15) is 17.7 Å². The first kappa shape index (κ1) is 14.3. The van der Waals surface area contributed by atoms with Gasteiger partial charge in [0, 0.05) is 10.3 Å². The van der Waals surface area contributed by atoms with Crippen molar-refractivity contribution in [2.24, 2.45) is 0 Å². The smallest absolute Gasteiger partial charge is 0.256 e. The lowest BCUT2D eigenvalue weighted by Gasteiger charge is -2.29. The lowest BCUT2D eigenvalue weighted by molar-refractivity contribution is -0.121. The van der Waals surface area contributed by atoms with E-state index in [1.54, 1.807) is 16.7 Å². The van der Waals surface area contributed by atoms with Crippen LogP contribution in [-0.2, 0) is 4.79 Å². The summed E-state index contributed by atoms with van der Waals surface area (Å²) in [5, 5.41) is 8.90. The van der Waals surface area contributed by atoms with Crippen LogP contribution in [0.3, 0.4) is 0 Å². The van der Waals surface area contributed by atoms with Gasteiger partial charge in [-0.25, -0.2) is 5.10 Å². The monoisotopic (exact) mass is 329 g/mol. The van der Waals surface area contributed by atoms with Crippen molar-refractivity contribution in [1.29, 1.82) is 0 Å². The fourth-order valence-corrected chi connectivity index (χ4v) is 4.84. The van der Waals surface area contributed by atoms with E-state index >= 15 is 0 Å². The second-order valence-corrected chi connectivity index (χ2v) is 7.83. The van der Waals surface area contributed by atoms with Gasteiger partial charge in [-0.1, -0.05) is 18.2 Å². The topological polar surface area (TPSA) is 91.0 Å². The van der Waals surface area contributed by atoms with Crippen LogP contribution in [0.1, 0.15) is 35.1 Å². The Labute approximate surface area is 136 Å². The van der Waals surface area contributed by atoms with Crippen molar-refractivity contribution >= 4 is 29.5 Å². The summed E-state index contributed by atoms with van der Waals surface area (Å²) in [6.07, 6.45) is 1.32. The van der Waals surface area contributed by atoms with Crippen LogP contribution in [0, 0.1) is 0 Å². The number of aromatic amines is 1. The van der Waals surface area contributed by atoms with Gasteiger partial charge >= 0.3 is 0 Å². The molecule has 0 aliphatic carbocycles. The van der Waals surface area contributed by atoms with Crippen molar-refractivity contribution in [2.75, 3.05) is 5.32 Å². The van der Waals surface area contributed by atoms with Crippen LogP contribution in [0.5, 0.6) is 0 Å². The Balaban J connectivity index is 1.70. The van der Waals surface area contributed by atoms with Crippen LogP contribution < -0.4 is 5.32 Å². The van der Waals surface area contributed by atoms with E-state index in [2.05, 4.69) is 20.5 Å². The SMILES string of the molecule is CC1(C)S[C@H]2c3ccccc3C(=O)N2[C@@H]1C(=O)Nc1ncn[nH]1. The molecule has 0 bridgehead atoms. The maximum Gasteiger partial charge on any atom is 0.256 e. The van der Waals surface area contributed by atoms with E-state index in [1.165, 1.54) is 6.33 Å². The molecule has 2 aromatic rings. The Kier molecular flexibility index (Phi) is 2.99. The zero-order valence-electron chi connectivity index (χ0n) is 12.6. The molecule has 7 nitrogen and oxygen atoms in total. The van der Waals surface area contributed by atoms with Crippen LogP contribution in [-0.4, -0.2) is 42.7 Å². The highest BCUT2D eigenvalue weighted by atomic mass is 32.2. The second kappa shape index (κ2) is 4.82. The number of fused-ring (bicyclic) bond motifs is 3. The Morgan fingerprint density at radius 1 is 1.39 bits per heavy atom. The molecule has 2 N–H and O–H groups in total. The third kappa shape index (κ3) is 2.05. The molecule has 2 amide bonds. The van der Waals surface area contributed by atoms with Gasteiger partial charge in [-0.05, 0) is 25.5 Å². The molecule has 118 valence electrons. The molecule has 0 saturated carbocycles. The van der Waals surface area contributed by atoms with Gasteiger partial charge < -0.3 is 4.90 Å². The van der Waals surface area contributed by atoms with Gasteiger partial charge in [-0.15, -0.1) is 11.8 Å². The first-order valence-electron chi connectivity index (χ1n) is 7.25. The number of hydrogen-bond acceptors (Lipinski definition) is 5. The van der Waals surface area contributed by atoms with E-state index in [1.807, 2.05) is 38.1 Å². The minimum absolute atomic E-state index is 0.0959. The zero-order valence-corrected chi connectivity index (χ0v) is 13.4. The third-order valence-corrected chi connectivity index (χ3v) is 5.74. The Morgan fingerprint density at radius 2 is 2.17 bits per heavy atom. The summed E-state index contributed by atoms with van der Waals surface area (Å²) in [5.74, 6) is -0.0762. The molecule has 1 fully saturated rings. The Hall–Kier alpha value is -2.35. The van der Waals surface area contributed by atoms with Crippen LogP contribution in [0.2, 0.25) is 0 Å². The summed E-state index contributed by atoms with van der Waals surface area (Å²) in [6.45, 7) is 3.97. The van der Waals surface area contributed by atoms with Gasteiger partial charge in [0.2, 0.25) is 5.95 Å². The van der Waals surface area contributed by atoms with E-state index in [9.17, 15) is 9.59 Å². The van der Waals surface area contributed by atoms with E-state index < -0.39 is 10.8 Å². The summed E-state index contributed by atoms with van der Waals surface area (Å²) in [6, 6.07) is 6.96. The zero-order chi connectivity index (χ0) is 16.2. The molecule has 23 heavy (non-hydrogen) atoms. The van der Waals surface area contributed by atoms with E-state index in [0.717, 1.165) is 5.56 Å². The average molecular weight is 329 g/mol. The number of benzene rings is 1. The number of aromatic nitrogens is 3. The first-order valence-corrected chi connectivity index (χ1v) is 8.12. The highest BCUT2D eigenvalue weighted by molar-refractivity contribution is 8.01. The van der Waals surface area contributed by atoms with Crippen molar-refractivity contribution in [3.8, 4) is 0 Å². The predicted octanol–water partition coefficient (Wildman–Crippen LogP) is 1.79. The molecule has 1 aromatic carbocycles. The average Bonchev–Trinajstić information content (AvgIpc) is 3.16. The lowest BCUT2D eigenvalue weighted by atomic mass is 10.0. The number of H-pyrrole nitrogens is 1. The molecule has 8 heteroatoms. The molecular formula is C15H15N5O2S. The summed E-state index contributed by atoms with van der Waals surface area (Å²) in [7, 11) is 0. The minimum Gasteiger partial charge on any atom is -0.309 e. The van der Waals surface area contributed by atoms with Crippen molar-refractivity contribution < 1.29 is 9.59 Å². The molecule has 2 atom stereocenters. The van der Waals surface area contributed by atoms with E-state index in [0.29, 0.717) is 5.56 Å². The van der Waals surface area contributed by atoms with E-state index in [4.69, 9.17) is 0 Å².